The van der Waals surface area contributed by atoms with Crippen molar-refractivity contribution in [2.75, 3.05) is 13.2 Å². The Balaban J connectivity index is 4.56. The van der Waals surface area contributed by atoms with E-state index in [0.717, 1.165) is 96.3 Å². The second kappa shape index (κ2) is 49.7. The van der Waals surface area contributed by atoms with Crippen molar-refractivity contribution in [3.05, 3.63) is 109 Å². The van der Waals surface area contributed by atoms with Gasteiger partial charge in [-0.1, -0.05) is 188 Å². The summed E-state index contributed by atoms with van der Waals surface area (Å²) in [6, 6.07) is 0. The maximum absolute atomic E-state index is 12.8. The largest absolute Gasteiger partial charge is 0.462 e. The van der Waals surface area contributed by atoms with E-state index in [2.05, 4.69) is 130 Å². The van der Waals surface area contributed by atoms with E-state index < -0.39 is 6.10 Å². The minimum atomic E-state index is -0.832. The second-order valence-electron chi connectivity index (χ2n) is 16.0. The van der Waals surface area contributed by atoms with Gasteiger partial charge in [-0.25, -0.2) is 0 Å². The highest BCUT2D eigenvalue weighted by molar-refractivity contribution is 5.71. The minimum Gasteiger partial charge on any atom is -0.462 e. The van der Waals surface area contributed by atoms with Gasteiger partial charge in [0.05, 0.1) is 0 Å². The lowest BCUT2D eigenvalue weighted by Gasteiger charge is -2.18. The smallest absolute Gasteiger partial charge is 0.306 e. The molecule has 0 N–H and O–H groups in total. The van der Waals surface area contributed by atoms with Gasteiger partial charge in [-0.3, -0.25) is 14.4 Å². The maximum Gasteiger partial charge on any atom is 0.306 e. The van der Waals surface area contributed by atoms with E-state index in [1.54, 1.807) is 0 Å². The lowest BCUT2D eigenvalue weighted by molar-refractivity contribution is -0.167. The summed E-state index contributed by atoms with van der Waals surface area (Å²) in [6.45, 7) is 6.35. The quantitative estimate of drug-likeness (QED) is 0.0263. The van der Waals surface area contributed by atoms with Crippen molar-refractivity contribution in [1.29, 1.82) is 0 Å². The average Bonchev–Trinajstić information content (AvgIpc) is 3.27. The molecule has 0 rings (SSSR count). The highest BCUT2D eigenvalue weighted by Gasteiger charge is 2.19. The van der Waals surface area contributed by atoms with E-state index in [-0.39, 0.29) is 44.0 Å². The molecule has 0 amide bonds. The highest BCUT2D eigenvalue weighted by Crippen LogP contribution is 2.11. The van der Waals surface area contributed by atoms with Gasteiger partial charge >= 0.3 is 17.9 Å². The lowest BCUT2D eigenvalue weighted by Crippen LogP contribution is -2.30. The van der Waals surface area contributed by atoms with Gasteiger partial charge in [-0.15, -0.1) is 0 Å². The monoisotopic (exact) mass is 859 g/mol. The summed E-state index contributed by atoms with van der Waals surface area (Å²) in [5, 5.41) is 0. The van der Waals surface area contributed by atoms with E-state index in [9.17, 15) is 14.4 Å². The van der Waals surface area contributed by atoms with Crippen LogP contribution in [0.25, 0.3) is 0 Å². The van der Waals surface area contributed by atoms with Crippen molar-refractivity contribution in [1.82, 2.24) is 0 Å². The van der Waals surface area contributed by atoms with Crippen molar-refractivity contribution in [2.45, 2.75) is 213 Å². The zero-order chi connectivity index (χ0) is 45.1. The van der Waals surface area contributed by atoms with Gasteiger partial charge in [-0.2, -0.15) is 0 Å². The number of carbonyl (C=O) groups is 3. The summed E-state index contributed by atoms with van der Waals surface area (Å²) < 4.78 is 16.6. The number of hydrogen-bond donors (Lipinski definition) is 0. The molecular weight excluding hydrogens is 769 g/mol. The standard InChI is InChI=1S/C56H90O6/c1-4-7-10-13-16-19-22-24-26-28-30-32-34-37-40-43-46-49-55(58)61-52-53(51-60-54(57)48-45-42-39-36-21-18-15-12-9-6-3)62-56(59)50-47-44-41-38-35-33-31-29-27-25-23-20-17-14-11-8-5-2/h7,10,15-16,18-19,24-27,30-33,37-38,40-41,53H,4-6,8-9,11-14,17,20-23,28-29,34-36,39,42-52H2,1-3H3/b10-7-,18-15-,19-16-,26-24-,27-25-,32-30-,33-31-,40-37-,41-38-. The Kier molecular flexibility index (Phi) is 46.6. The third kappa shape index (κ3) is 47.1. The first-order valence-corrected chi connectivity index (χ1v) is 24.9. The van der Waals surface area contributed by atoms with Crippen LogP contribution in [0.3, 0.4) is 0 Å². The minimum absolute atomic E-state index is 0.124. The van der Waals surface area contributed by atoms with Crippen LogP contribution in [0, 0.1) is 0 Å². The van der Waals surface area contributed by atoms with Crippen molar-refractivity contribution < 1.29 is 28.6 Å². The van der Waals surface area contributed by atoms with Crippen LogP contribution < -0.4 is 0 Å². The van der Waals surface area contributed by atoms with Crippen LogP contribution in [0.15, 0.2) is 109 Å². The fourth-order valence-corrected chi connectivity index (χ4v) is 6.24. The van der Waals surface area contributed by atoms with E-state index in [4.69, 9.17) is 14.2 Å². The summed E-state index contributed by atoms with van der Waals surface area (Å²) in [5.41, 5.74) is 0. The van der Waals surface area contributed by atoms with Crippen molar-refractivity contribution in [3.8, 4) is 0 Å². The van der Waals surface area contributed by atoms with Crippen LogP contribution in [-0.2, 0) is 28.6 Å². The molecule has 0 saturated heterocycles. The zero-order valence-corrected chi connectivity index (χ0v) is 39.8. The van der Waals surface area contributed by atoms with Gasteiger partial charge in [-0.05, 0) is 109 Å². The summed E-state index contributed by atoms with van der Waals surface area (Å²) in [6.07, 6.45) is 66.6. The molecular formula is C56H90O6. The molecule has 0 aromatic heterocycles. The van der Waals surface area contributed by atoms with Crippen LogP contribution >= 0.6 is 0 Å². The van der Waals surface area contributed by atoms with Crippen LogP contribution in [0.4, 0.5) is 0 Å². The van der Waals surface area contributed by atoms with Gasteiger partial charge in [0.25, 0.3) is 0 Å². The molecule has 0 fully saturated rings. The van der Waals surface area contributed by atoms with E-state index in [1.165, 1.54) is 57.8 Å². The van der Waals surface area contributed by atoms with Crippen molar-refractivity contribution in [3.63, 3.8) is 0 Å². The van der Waals surface area contributed by atoms with Gasteiger partial charge in [0.2, 0.25) is 0 Å². The summed E-state index contributed by atoms with van der Waals surface area (Å²) in [7, 11) is 0. The third-order valence-electron chi connectivity index (χ3n) is 9.98. The molecule has 1 atom stereocenters. The SMILES string of the molecule is CC/C=C\C/C=C\C/C=C\C/C=C\C/C=C\CCCC(=O)OCC(COC(=O)CCCCCC/C=C\CCCC)OC(=O)CCC/C=C\C/C=C\C/C=C\CCCCCCCC. The predicted octanol–water partition coefficient (Wildman–Crippen LogP) is 16.4. The lowest BCUT2D eigenvalue weighted by atomic mass is 10.1. The van der Waals surface area contributed by atoms with Crippen molar-refractivity contribution in [2.24, 2.45) is 0 Å². The Bertz CT molecular complexity index is 1310. The molecule has 0 aliphatic rings. The van der Waals surface area contributed by atoms with E-state index in [0.29, 0.717) is 19.3 Å². The summed E-state index contributed by atoms with van der Waals surface area (Å²) >= 11 is 0. The topological polar surface area (TPSA) is 78.9 Å². The van der Waals surface area contributed by atoms with Gasteiger partial charge in [0, 0.05) is 19.3 Å². The van der Waals surface area contributed by atoms with Crippen LogP contribution in [-0.4, -0.2) is 37.2 Å². The Labute approximate surface area is 380 Å². The predicted molar refractivity (Wildman–Crippen MR) is 265 cm³/mol. The Morgan fingerprint density at radius 2 is 0.661 bits per heavy atom. The number of hydrogen-bond acceptors (Lipinski definition) is 6. The molecule has 62 heavy (non-hydrogen) atoms. The number of rotatable bonds is 43. The first kappa shape index (κ1) is 58.1. The fourth-order valence-electron chi connectivity index (χ4n) is 6.24. The molecule has 0 saturated carbocycles. The first-order valence-electron chi connectivity index (χ1n) is 24.9. The van der Waals surface area contributed by atoms with Crippen LogP contribution in [0.5, 0.6) is 0 Å². The number of unbranched alkanes of at least 4 members (excludes halogenated alkanes) is 14. The molecule has 0 bridgehead atoms. The fraction of sp³-hybridized carbons (Fsp3) is 0.625. The molecule has 0 aromatic rings. The molecule has 350 valence electrons. The van der Waals surface area contributed by atoms with Gasteiger partial charge in [0.1, 0.15) is 13.2 Å². The normalized spacial score (nSPS) is 13.0. The maximum atomic E-state index is 12.8. The molecule has 0 aliphatic carbocycles. The third-order valence-corrected chi connectivity index (χ3v) is 9.98. The zero-order valence-electron chi connectivity index (χ0n) is 39.8. The first-order chi connectivity index (χ1) is 30.5. The average molecular weight is 859 g/mol. The molecule has 0 aromatic carbocycles. The molecule has 0 radical (unpaired) electrons. The summed E-state index contributed by atoms with van der Waals surface area (Å²) in [4.78, 5) is 37.8. The molecule has 0 spiro atoms. The van der Waals surface area contributed by atoms with E-state index >= 15 is 0 Å². The molecule has 0 aliphatic heterocycles. The number of allylic oxidation sites excluding steroid dienone is 18. The number of esters is 3. The molecule has 6 heteroatoms. The van der Waals surface area contributed by atoms with Gasteiger partial charge < -0.3 is 14.2 Å². The Morgan fingerprint density at radius 3 is 1.11 bits per heavy atom. The van der Waals surface area contributed by atoms with E-state index in [1.807, 2.05) is 0 Å². The van der Waals surface area contributed by atoms with Crippen molar-refractivity contribution >= 4 is 17.9 Å². The molecule has 1 unspecified atom stereocenters. The summed E-state index contributed by atoms with van der Waals surface area (Å²) in [5.74, 6) is -1.06. The number of carbonyl (C=O) groups excluding carboxylic acids is 3. The molecule has 6 nitrogen and oxygen atoms in total. The highest BCUT2D eigenvalue weighted by atomic mass is 16.6. The second-order valence-corrected chi connectivity index (χ2v) is 16.0. The Morgan fingerprint density at radius 1 is 0.339 bits per heavy atom. The van der Waals surface area contributed by atoms with Crippen LogP contribution in [0.2, 0.25) is 0 Å². The van der Waals surface area contributed by atoms with Gasteiger partial charge in [0.15, 0.2) is 6.10 Å². The van der Waals surface area contributed by atoms with Crippen LogP contribution in [0.1, 0.15) is 207 Å². The molecule has 0 heterocycles. The Hall–Kier alpha value is -3.93. The number of ether oxygens (including phenoxy) is 3.